The molecule has 4 nitrogen and oxygen atoms in total. The number of pyridine rings is 2. The summed E-state index contributed by atoms with van der Waals surface area (Å²) in [6, 6.07) is 13.1. The zero-order valence-corrected chi connectivity index (χ0v) is 13.5. The molecule has 0 aliphatic rings. The van der Waals surface area contributed by atoms with Gasteiger partial charge in [-0.3, -0.25) is 14.8 Å². The second-order valence-corrected chi connectivity index (χ2v) is 5.84. The minimum atomic E-state index is -0.160. The van der Waals surface area contributed by atoms with E-state index < -0.39 is 0 Å². The minimum absolute atomic E-state index is 0.160. The number of benzene rings is 1. The maximum Gasteiger partial charge on any atom is 0.253 e. The Bertz CT molecular complexity index is 821. The van der Waals surface area contributed by atoms with Gasteiger partial charge in [0.15, 0.2) is 0 Å². The third-order valence-electron chi connectivity index (χ3n) is 3.40. The van der Waals surface area contributed by atoms with Gasteiger partial charge in [0.25, 0.3) is 5.91 Å². The Morgan fingerprint density at radius 2 is 2.05 bits per heavy atom. The predicted molar refractivity (Wildman–Crippen MR) is 89.6 cm³/mol. The molecule has 2 aromatic heterocycles. The van der Waals surface area contributed by atoms with Crippen LogP contribution in [-0.2, 0) is 0 Å². The summed E-state index contributed by atoms with van der Waals surface area (Å²) in [4.78, 5) is 21.0. The van der Waals surface area contributed by atoms with E-state index in [-0.39, 0.29) is 11.9 Å². The number of carbonyl (C=O) groups excluding carboxylic acids is 1. The molecular formula is C17H14BrN3O. The van der Waals surface area contributed by atoms with Gasteiger partial charge in [0, 0.05) is 22.3 Å². The van der Waals surface area contributed by atoms with Crippen molar-refractivity contribution in [3.8, 4) is 0 Å². The van der Waals surface area contributed by atoms with Gasteiger partial charge < -0.3 is 5.32 Å². The molecule has 0 saturated heterocycles. The lowest BCUT2D eigenvalue weighted by Crippen LogP contribution is -2.27. The van der Waals surface area contributed by atoms with Crippen molar-refractivity contribution in [3.63, 3.8) is 0 Å². The number of halogens is 1. The molecule has 0 radical (unpaired) electrons. The molecule has 1 aromatic carbocycles. The van der Waals surface area contributed by atoms with Gasteiger partial charge in [-0.15, -0.1) is 0 Å². The van der Waals surface area contributed by atoms with Crippen molar-refractivity contribution < 1.29 is 4.79 Å². The molecule has 1 amide bonds. The molecule has 2 heterocycles. The number of carbonyl (C=O) groups is 1. The number of nitrogens with zero attached hydrogens (tertiary/aromatic N) is 2. The summed E-state index contributed by atoms with van der Waals surface area (Å²) in [6.45, 7) is 1.91. The summed E-state index contributed by atoms with van der Waals surface area (Å²) < 4.78 is 0.916. The molecule has 110 valence electrons. The highest BCUT2D eigenvalue weighted by Gasteiger charge is 2.13. The van der Waals surface area contributed by atoms with Crippen LogP contribution >= 0.6 is 15.9 Å². The Morgan fingerprint density at radius 1 is 1.18 bits per heavy atom. The van der Waals surface area contributed by atoms with Crippen LogP contribution in [0.5, 0.6) is 0 Å². The molecule has 5 heteroatoms. The van der Waals surface area contributed by atoms with Crippen LogP contribution in [0.2, 0.25) is 0 Å². The molecule has 22 heavy (non-hydrogen) atoms. The summed E-state index contributed by atoms with van der Waals surface area (Å²) in [5.41, 5.74) is 2.21. The molecule has 0 spiro atoms. The first kappa shape index (κ1) is 14.7. The largest absolute Gasteiger partial charge is 0.344 e. The molecule has 0 aliphatic heterocycles. The second-order valence-electron chi connectivity index (χ2n) is 4.99. The summed E-state index contributed by atoms with van der Waals surface area (Å²) in [7, 11) is 0. The van der Waals surface area contributed by atoms with Crippen LogP contribution < -0.4 is 5.32 Å². The number of fused-ring (bicyclic) bond motifs is 1. The van der Waals surface area contributed by atoms with Crippen molar-refractivity contribution in [1.29, 1.82) is 0 Å². The number of hydrogen-bond donors (Lipinski definition) is 1. The van der Waals surface area contributed by atoms with Gasteiger partial charge in [-0.1, -0.05) is 18.2 Å². The number of aromatic nitrogens is 2. The van der Waals surface area contributed by atoms with Crippen LogP contribution in [-0.4, -0.2) is 15.9 Å². The SMILES string of the molecule is C[C@H](NC(=O)c1cnc2c(Br)cccc2c1)c1ccccn1. The molecule has 0 bridgehead atoms. The molecule has 0 unspecified atom stereocenters. The highest BCUT2D eigenvalue weighted by atomic mass is 79.9. The molecule has 0 aliphatic carbocycles. The van der Waals surface area contributed by atoms with Crippen LogP contribution in [0.1, 0.15) is 29.0 Å². The number of rotatable bonds is 3. The Balaban J connectivity index is 1.83. The third-order valence-corrected chi connectivity index (χ3v) is 4.04. The van der Waals surface area contributed by atoms with Crippen molar-refractivity contribution >= 4 is 32.7 Å². The fraction of sp³-hybridized carbons (Fsp3) is 0.118. The van der Waals surface area contributed by atoms with Crippen LogP contribution in [0.4, 0.5) is 0 Å². The Labute approximate surface area is 136 Å². The number of hydrogen-bond acceptors (Lipinski definition) is 3. The number of para-hydroxylation sites is 1. The third kappa shape index (κ3) is 2.99. The quantitative estimate of drug-likeness (QED) is 0.775. The van der Waals surface area contributed by atoms with E-state index >= 15 is 0 Å². The summed E-state index contributed by atoms with van der Waals surface area (Å²) >= 11 is 3.46. The van der Waals surface area contributed by atoms with E-state index in [4.69, 9.17) is 0 Å². The van der Waals surface area contributed by atoms with Gasteiger partial charge in [-0.2, -0.15) is 0 Å². The van der Waals surface area contributed by atoms with Crippen LogP contribution in [0, 0.1) is 0 Å². The summed E-state index contributed by atoms with van der Waals surface area (Å²) in [5.74, 6) is -0.160. The molecule has 1 N–H and O–H groups in total. The lowest BCUT2D eigenvalue weighted by atomic mass is 10.1. The number of nitrogens with one attached hydrogen (secondary N) is 1. The predicted octanol–water partition coefficient (Wildman–Crippen LogP) is 3.88. The highest BCUT2D eigenvalue weighted by molar-refractivity contribution is 9.10. The van der Waals surface area contributed by atoms with Gasteiger partial charge >= 0.3 is 0 Å². The Morgan fingerprint density at radius 3 is 2.82 bits per heavy atom. The van der Waals surface area contributed by atoms with Gasteiger partial charge in [0.2, 0.25) is 0 Å². The topological polar surface area (TPSA) is 54.9 Å². The van der Waals surface area contributed by atoms with Crippen molar-refractivity contribution in [2.24, 2.45) is 0 Å². The molecule has 3 rings (SSSR count). The van der Waals surface area contributed by atoms with Gasteiger partial charge in [-0.25, -0.2) is 0 Å². The first-order valence-corrected chi connectivity index (χ1v) is 7.70. The van der Waals surface area contributed by atoms with Crippen molar-refractivity contribution in [2.45, 2.75) is 13.0 Å². The highest BCUT2D eigenvalue weighted by Crippen LogP contribution is 2.22. The van der Waals surface area contributed by atoms with Crippen molar-refractivity contribution in [2.75, 3.05) is 0 Å². The van der Waals surface area contributed by atoms with E-state index in [1.807, 2.05) is 49.4 Å². The first-order valence-electron chi connectivity index (χ1n) is 6.91. The van der Waals surface area contributed by atoms with Gasteiger partial charge in [0.05, 0.1) is 22.8 Å². The van der Waals surface area contributed by atoms with Crippen molar-refractivity contribution in [3.05, 3.63) is 70.6 Å². The summed E-state index contributed by atoms with van der Waals surface area (Å²) in [5, 5.41) is 3.86. The fourth-order valence-corrected chi connectivity index (χ4v) is 2.72. The van der Waals surface area contributed by atoms with Crippen LogP contribution in [0.3, 0.4) is 0 Å². The van der Waals surface area contributed by atoms with Crippen LogP contribution in [0.15, 0.2) is 59.3 Å². The number of amides is 1. The monoisotopic (exact) mass is 355 g/mol. The van der Waals surface area contributed by atoms with E-state index in [9.17, 15) is 4.79 Å². The maximum atomic E-state index is 12.4. The molecule has 3 aromatic rings. The Hall–Kier alpha value is -2.27. The zero-order valence-electron chi connectivity index (χ0n) is 12.0. The minimum Gasteiger partial charge on any atom is -0.344 e. The average molecular weight is 356 g/mol. The first-order chi connectivity index (χ1) is 10.6. The lowest BCUT2D eigenvalue weighted by molar-refractivity contribution is 0.0939. The summed E-state index contributed by atoms with van der Waals surface area (Å²) in [6.07, 6.45) is 3.31. The smallest absolute Gasteiger partial charge is 0.253 e. The lowest BCUT2D eigenvalue weighted by Gasteiger charge is -2.13. The fourth-order valence-electron chi connectivity index (χ4n) is 2.23. The molecular weight excluding hydrogens is 342 g/mol. The van der Waals surface area contributed by atoms with Crippen LogP contribution in [0.25, 0.3) is 10.9 Å². The normalized spacial score (nSPS) is 12.1. The average Bonchev–Trinajstić information content (AvgIpc) is 2.55. The van der Waals surface area contributed by atoms with Crippen molar-refractivity contribution in [1.82, 2.24) is 15.3 Å². The molecule has 0 saturated carbocycles. The van der Waals surface area contributed by atoms with E-state index in [0.29, 0.717) is 5.56 Å². The maximum absolute atomic E-state index is 12.4. The van der Waals surface area contributed by atoms with E-state index in [0.717, 1.165) is 21.1 Å². The standard InChI is InChI=1S/C17H14BrN3O/c1-11(15-7-2-3-8-19-15)21-17(22)13-9-12-5-4-6-14(18)16(12)20-10-13/h2-11H,1H3,(H,21,22)/t11-/m0/s1. The van der Waals surface area contributed by atoms with E-state index in [2.05, 4.69) is 31.2 Å². The van der Waals surface area contributed by atoms with Gasteiger partial charge in [0.1, 0.15) is 0 Å². The molecule has 0 fully saturated rings. The van der Waals surface area contributed by atoms with E-state index in [1.54, 1.807) is 12.4 Å². The van der Waals surface area contributed by atoms with Gasteiger partial charge in [-0.05, 0) is 47.1 Å². The molecule has 1 atom stereocenters. The zero-order chi connectivity index (χ0) is 15.5. The second kappa shape index (κ2) is 6.23. The Kier molecular flexibility index (Phi) is 4.15. The van der Waals surface area contributed by atoms with E-state index in [1.165, 1.54) is 0 Å².